The third-order valence-electron chi connectivity index (χ3n) is 3.36. The van der Waals surface area contributed by atoms with Crippen LogP contribution in [0, 0.1) is 11.3 Å². The minimum absolute atomic E-state index is 0.167. The van der Waals surface area contributed by atoms with Crippen molar-refractivity contribution >= 4 is 17.6 Å². The van der Waals surface area contributed by atoms with Gasteiger partial charge in [0, 0.05) is 18.6 Å². The van der Waals surface area contributed by atoms with Crippen molar-refractivity contribution < 1.29 is 9.90 Å². The summed E-state index contributed by atoms with van der Waals surface area (Å²) in [5.41, 5.74) is 0.913. The number of carbonyl (C=O) groups is 1. The predicted molar refractivity (Wildman–Crippen MR) is 61.0 cm³/mol. The summed E-state index contributed by atoms with van der Waals surface area (Å²) >= 11 is 5.45. The van der Waals surface area contributed by atoms with E-state index >= 15 is 0 Å². The maximum absolute atomic E-state index is 11.3. The molecule has 0 aliphatic carbocycles. The molecule has 0 spiro atoms. The Morgan fingerprint density at radius 3 is 2.73 bits per heavy atom. The molecule has 0 aromatic heterocycles. The molecule has 1 saturated heterocycles. The molecular formula is C11H18ClNO2. The highest BCUT2D eigenvalue weighted by atomic mass is 35.5. The van der Waals surface area contributed by atoms with Gasteiger partial charge in [-0.05, 0) is 18.9 Å². The first kappa shape index (κ1) is 12.5. The Morgan fingerprint density at radius 2 is 2.33 bits per heavy atom. The minimum atomic E-state index is -0.671. The fourth-order valence-corrected chi connectivity index (χ4v) is 2.23. The lowest BCUT2D eigenvalue weighted by molar-refractivity contribution is -0.150. The molecule has 1 unspecified atom stereocenters. The molecule has 86 valence electrons. The zero-order valence-electron chi connectivity index (χ0n) is 9.24. The zero-order valence-corrected chi connectivity index (χ0v) is 10.00. The number of hydrogen-bond acceptors (Lipinski definition) is 2. The summed E-state index contributed by atoms with van der Waals surface area (Å²) in [6, 6.07) is 0. The Balaban J connectivity index is 2.68. The topological polar surface area (TPSA) is 40.5 Å². The molecule has 3 nitrogen and oxygen atoms in total. The van der Waals surface area contributed by atoms with E-state index in [0.717, 1.165) is 19.5 Å². The van der Waals surface area contributed by atoms with Crippen molar-refractivity contribution in [2.24, 2.45) is 11.3 Å². The second-order valence-electron chi connectivity index (χ2n) is 4.46. The van der Waals surface area contributed by atoms with Gasteiger partial charge < -0.3 is 5.11 Å². The lowest BCUT2D eigenvalue weighted by Crippen LogP contribution is -2.39. The van der Waals surface area contributed by atoms with E-state index < -0.39 is 11.4 Å². The average Bonchev–Trinajstić information content (AvgIpc) is 2.60. The Kier molecular flexibility index (Phi) is 4.17. The van der Waals surface area contributed by atoms with Gasteiger partial charge in [0.2, 0.25) is 0 Å². The Hall–Kier alpha value is -0.540. The number of halogens is 1. The number of nitrogens with zero attached hydrogens (tertiary/aromatic N) is 1. The van der Waals surface area contributed by atoms with E-state index in [4.69, 9.17) is 11.6 Å². The molecule has 15 heavy (non-hydrogen) atoms. The zero-order chi connectivity index (χ0) is 11.5. The van der Waals surface area contributed by atoms with Crippen LogP contribution in [0.4, 0.5) is 0 Å². The third kappa shape index (κ3) is 2.52. The fourth-order valence-electron chi connectivity index (χ4n) is 2.15. The third-order valence-corrected chi connectivity index (χ3v) is 3.54. The second-order valence-corrected chi connectivity index (χ2v) is 4.71. The van der Waals surface area contributed by atoms with Crippen LogP contribution in [-0.2, 0) is 4.79 Å². The molecule has 1 aliphatic heterocycles. The number of aliphatic carboxylic acids is 1. The summed E-state index contributed by atoms with van der Waals surface area (Å²) in [5, 5.41) is 9.31. The van der Waals surface area contributed by atoms with E-state index in [9.17, 15) is 9.90 Å². The van der Waals surface area contributed by atoms with Crippen molar-refractivity contribution in [1.29, 1.82) is 0 Å². The first-order valence-corrected chi connectivity index (χ1v) is 5.67. The van der Waals surface area contributed by atoms with Gasteiger partial charge in [0.15, 0.2) is 0 Å². The van der Waals surface area contributed by atoms with Gasteiger partial charge in [-0.2, -0.15) is 0 Å². The van der Waals surface area contributed by atoms with Gasteiger partial charge in [-0.3, -0.25) is 9.69 Å². The standard InChI is InChI=1S/C11H18ClNO2/c1-9(2)11(10(14)15)4-7-13(8-11)6-3-5-12/h3,5,9H,4,6-8H2,1-2H3,(H,14,15)/b5-3+. The summed E-state index contributed by atoms with van der Waals surface area (Å²) < 4.78 is 0. The van der Waals surface area contributed by atoms with E-state index in [0.29, 0.717) is 6.54 Å². The maximum atomic E-state index is 11.3. The molecular weight excluding hydrogens is 214 g/mol. The molecule has 0 radical (unpaired) electrons. The van der Waals surface area contributed by atoms with Crippen molar-refractivity contribution in [2.45, 2.75) is 20.3 Å². The van der Waals surface area contributed by atoms with Crippen LogP contribution in [0.15, 0.2) is 11.6 Å². The van der Waals surface area contributed by atoms with Gasteiger partial charge in [0.25, 0.3) is 0 Å². The number of carboxylic acids is 1. The summed E-state index contributed by atoms with van der Waals surface area (Å²) in [5.74, 6) is -0.505. The van der Waals surface area contributed by atoms with Gasteiger partial charge in [-0.1, -0.05) is 31.5 Å². The summed E-state index contributed by atoms with van der Waals surface area (Å²) in [6.07, 6.45) is 2.58. The highest BCUT2D eigenvalue weighted by molar-refractivity contribution is 6.25. The minimum Gasteiger partial charge on any atom is -0.481 e. The van der Waals surface area contributed by atoms with Gasteiger partial charge in [-0.25, -0.2) is 0 Å². The van der Waals surface area contributed by atoms with Crippen LogP contribution < -0.4 is 0 Å². The highest BCUT2D eigenvalue weighted by Gasteiger charge is 2.46. The van der Waals surface area contributed by atoms with Crippen LogP contribution in [0.1, 0.15) is 20.3 Å². The molecule has 0 amide bonds. The van der Waals surface area contributed by atoms with Crippen molar-refractivity contribution in [3.8, 4) is 0 Å². The van der Waals surface area contributed by atoms with Crippen LogP contribution in [0.2, 0.25) is 0 Å². The lowest BCUT2D eigenvalue weighted by Gasteiger charge is -2.28. The summed E-state index contributed by atoms with van der Waals surface area (Å²) in [7, 11) is 0. The number of carboxylic acid groups (broad SMARTS) is 1. The Bertz CT molecular complexity index is 265. The molecule has 1 fully saturated rings. The molecule has 0 aromatic rings. The highest BCUT2D eigenvalue weighted by Crippen LogP contribution is 2.37. The van der Waals surface area contributed by atoms with E-state index in [1.807, 2.05) is 19.9 Å². The van der Waals surface area contributed by atoms with E-state index in [2.05, 4.69) is 4.90 Å². The molecule has 1 atom stereocenters. The van der Waals surface area contributed by atoms with Crippen LogP contribution in [-0.4, -0.2) is 35.6 Å². The van der Waals surface area contributed by atoms with E-state index in [-0.39, 0.29) is 5.92 Å². The van der Waals surface area contributed by atoms with Crippen LogP contribution in [0.3, 0.4) is 0 Å². The average molecular weight is 232 g/mol. The molecule has 4 heteroatoms. The van der Waals surface area contributed by atoms with Crippen molar-refractivity contribution in [3.05, 3.63) is 11.6 Å². The Labute approximate surface area is 95.7 Å². The largest absolute Gasteiger partial charge is 0.481 e. The van der Waals surface area contributed by atoms with Crippen LogP contribution in [0.5, 0.6) is 0 Å². The number of likely N-dealkylation sites (tertiary alicyclic amines) is 1. The lowest BCUT2D eigenvalue weighted by atomic mass is 9.76. The predicted octanol–water partition coefficient (Wildman–Crippen LogP) is 2.17. The van der Waals surface area contributed by atoms with Gasteiger partial charge in [0.05, 0.1) is 5.41 Å². The van der Waals surface area contributed by atoms with E-state index in [1.165, 1.54) is 5.54 Å². The quantitative estimate of drug-likeness (QED) is 0.806. The molecule has 1 aliphatic rings. The molecule has 1 heterocycles. The molecule has 0 bridgehead atoms. The SMILES string of the molecule is CC(C)C1(C(=O)O)CCN(C/C=C/Cl)C1. The normalized spacial score (nSPS) is 28.0. The van der Waals surface area contributed by atoms with Crippen molar-refractivity contribution in [1.82, 2.24) is 4.90 Å². The van der Waals surface area contributed by atoms with Crippen molar-refractivity contribution in [2.75, 3.05) is 19.6 Å². The van der Waals surface area contributed by atoms with Crippen molar-refractivity contribution in [3.63, 3.8) is 0 Å². The maximum Gasteiger partial charge on any atom is 0.311 e. The molecule has 1 N–H and O–H groups in total. The first-order valence-electron chi connectivity index (χ1n) is 5.24. The first-order chi connectivity index (χ1) is 7.03. The molecule has 0 saturated carbocycles. The Morgan fingerprint density at radius 1 is 1.67 bits per heavy atom. The van der Waals surface area contributed by atoms with Gasteiger partial charge in [0.1, 0.15) is 0 Å². The smallest absolute Gasteiger partial charge is 0.311 e. The fraction of sp³-hybridized carbons (Fsp3) is 0.727. The second kappa shape index (κ2) is 4.99. The molecule has 1 rings (SSSR count). The summed E-state index contributed by atoms with van der Waals surface area (Å²) in [4.78, 5) is 13.4. The van der Waals surface area contributed by atoms with Gasteiger partial charge in [-0.15, -0.1) is 0 Å². The van der Waals surface area contributed by atoms with Crippen LogP contribution >= 0.6 is 11.6 Å². The number of hydrogen-bond donors (Lipinski definition) is 1. The monoisotopic (exact) mass is 231 g/mol. The van der Waals surface area contributed by atoms with Crippen LogP contribution in [0.25, 0.3) is 0 Å². The van der Waals surface area contributed by atoms with Gasteiger partial charge >= 0.3 is 5.97 Å². The summed E-state index contributed by atoms with van der Waals surface area (Å²) in [6.45, 7) is 6.17. The number of rotatable bonds is 4. The van der Waals surface area contributed by atoms with E-state index in [1.54, 1.807) is 0 Å². The molecule has 0 aromatic carbocycles.